The Bertz CT molecular complexity index is 682. The van der Waals surface area contributed by atoms with Crippen LogP contribution in [0.1, 0.15) is 0 Å². The summed E-state index contributed by atoms with van der Waals surface area (Å²) in [5.74, 6) is 0.462. The molecule has 0 aliphatic carbocycles. The highest BCUT2D eigenvalue weighted by atomic mass is 32.2. The summed E-state index contributed by atoms with van der Waals surface area (Å²) in [7, 11) is 0. The van der Waals surface area contributed by atoms with Crippen molar-refractivity contribution in [1.29, 1.82) is 5.26 Å². The highest BCUT2D eigenvalue weighted by Crippen LogP contribution is 2.43. The first kappa shape index (κ1) is 12.6. The number of fused-ring (bicyclic) bond motifs is 1. The second-order valence-electron chi connectivity index (χ2n) is 4.12. The molecule has 1 unspecified atom stereocenters. The zero-order chi connectivity index (χ0) is 13.9. The summed E-state index contributed by atoms with van der Waals surface area (Å²) < 4.78 is 5.31. The highest BCUT2D eigenvalue weighted by molar-refractivity contribution is 8.00. The zero-order valence-electron chi connectivity index (χ0n) is 10.4. The summed E-state index contributed by atoms with van der Waals surface area (Å²) >= 11 is 1.35. The van der Waals surface area contributed by atoms with Crippen LogP contribution in [0.4, 0.5) is 10.5 Å². The largest absolute Gasteiger partial charge is 0.421 e. The summed E-state index contributed by atoms with van der Waals surface area (Å²) in [4.78, 5) is 14.6. The number of para-hydroxylation sites is 2. The van der Waals surface area contributed by atoms with Gasteiger partial charge in [0.05, 0.1) is 11.8 Å². The molecule has 0 aromatic heterocycles. The number of carbonyl (C=O) groups excluding carboxylic acids is 1. The van der Waals surface area contributed by atoms with Crippen LogP contribution in [0.2, 0.25) is 0 Å². The van der Waals surface area contributed by atoms with Crippen LogP contribution in [0.3, 0.4) is 0 Å². The monoisotopic (exact) mass is 282 g/mol. The van der Waals surface area contributed by atoms with E-state index in [-0.39, 0.29) is 0 Å². The molecule has 0 bridgehead atoms. The van der Waals surface area contributed by atoms with Crippen LogP contribution in [0.25, 0.3) is 0 Å². The van der Waals surface area contributed by atoms with Crippen molar-refractivity contribution in [3.8, 4) is 11.8 Å². The molecule has 1 atom stereocenters. The third kappa shape index (κ3) is 2.22. The van der Waals surface area contributed by atoms with Crippen molar-refractivity contribution in [1.82, 2.24) is 0 Å². The quantitative estimate of drug-likeness (QED) is 0.801. The van der Waals surface area contributed by atoms with Crippen LogP contribution in [-0.4, -0.2) is 11.5 Å². The van der Waals surface area contributed by atoms with Gasteiger partial charge < -0.3 is 4.74 Å². The van der Waals surface area contributed by atoms with E-state index in [1.807, 2.05) is 30.3 Å². The molecule has 1 aliphatic rings. The average Bonchev–Trinajstić information content (AvgIpc) is 2.86. The van der Waals surface area contributed by atoms with Gasteiger partial charge in [-0.1, -0.05) is 42.1 Å². The van der Waals surface area contributed by atoms with Crippen molar-refractivity contribution < 1.29 is 9.53 Å². The zero-order valence-corrected chi connectivity index (χ0v) is 11.2. The first-order valence-electron chi connectivity index (χ1n) is 6.01. The van der Waals surface area contributed by atoms with Gasteiger partial charge in [-0.15, -0.1) is 0 Å². The lowest BCUT2D eigenvalue weighted by Gasteiger charge is -2.19. The number of hydrogen-bond donors (Lipinski definition) is 0. The highest BCUT2D eigenvalue weighted by Gasteiger charge is 2.35. The van der Waals surface area contributed by atoms with Crippen LogP contribution in [0.5, 0.6) is 5.75 Å². The minimum atomic E-state index is -0.594. The van der Waals surface area contributed by atoms with E-state index in [2.05, 4.69) is 6.07 Å². The molecule has 5 heteroatoms. The van der Waals surface area contributed by atoms with Crippen LogP contribution in [0.15, 0.2) is 59.5 Å². The topological polar surface area (TPSA) is 53.3 Å². The van der Waals surface area contributed by atoms with Crippen molar-refractivity contribution in [3.63, 3.8) is 0 Å². The summed E-state index contributed by atoms with van der Waals surface area (Å²) in [6, 6.07) is 18.4. The maximum absolute atomic E-state index is 12.3. The number of benzene rings is 2. The van der Waals surface area contributed by atoms with Gasteiger partial charge in [-0.2, -0.15) is 5.26 Å². The maximum atomic E-state index is 12.3. The van der Waals surface area contributed by atoms with Gasteiger partial charge >= 0.3 is 6.09 Å². The fourth-order valence-corrected chi connectivity index (χ4v) is 3.01. The second-order valence-corrected chi connectivity index (χ2v) is 5.24. The summed E-state index contributed by atoms with van der Waals surface area (Å²) in [6.45, 7) is 0. The van der Waals surface area contributed by atoms with E-state index < -0.39 is 11.5 Å². The van der Waals surface area contributed by atoms with Crippen LogP contribution in [-0.2, 0) is 0 Å². The molecule has 1 heterocycles. The Morgan fingerprint density at radius 3 is 2.60 bits per heavy atom. The predicted molar refractivity (Wildman–Crippen MR) is 76.6 cm³/mol. The minimum absolute atomic E-state index is 0.462. The number of nitrogens with zero attached hydrogens (tertiary/aromatic N) is 2. The molecule has 0 saturated carbocycles. The van der Waals surface area contributed by atoms with Crippen molar-refractivity contribution in [2.24, 2.45) is 0 Å². The van der Waals surface area contributed by atoms with E-state index in [1.165, 1.54) is 16.7 Å². The molecule has 1 amide bonds. The third-order valence-electron chi connectivity index (χ3n) is 2.85. The number of anilines is 1. The molecule has 0 radical (unpaired) electrons. The first-order valence-corrected chi connectivity index (χ1v) is 6.89. The van der Waals surface area contributed by atoms with Gasteiger partial charge in [-0.05, 0) is 24.3 Å². The smallest absolute Gasteiger partial charge is 0.410 e. The number of ether oxygens (including phenoxy) is 1. The molecule has 3 rings (SSSR count). The Kier molecular flexibility index (Phi) is 3.32. The van der Waals surface area contributed by atoms with Crippen LogP contribution < -0.4 is 9.64 Å². The molecule has 2 aromatic carbocycles. The van der Waals surface area contributed by atoms with Crippen LogP contribution in [0, 0.1) is 11.3 Å². The lowest BCUT2D eigenvalue weighted by molar-refractivity contribution is 0.208. The molecular weight excluding hydrogens is 272 g/mol. The molecule has 0 N–H and O–H groups in total. The number of nitriles is 1. The third-order valence-corrected chi connectivity index (χ3v) is 3.99. The van der Waals surface area contributed by atoms with Crippen molar-refractivity contribution in [2.45, 2.75) is 10.3 Å². The van der Waals surface area contributed by atoms with E-state index >= 15 is 0 Å². The van der Waals surface area contributed by atoms with Gasteiger partial charge in [0.2, 0.25) is 0 Å². The summed E-state index contributed by atoms with van der Waals surface area (Å²) in [5, 5.41) is 8.61. The summed E-state index contributed by atoms with van der Waals surface area (Å²) in [6.07, 6.45) is -0.541. The average molecular weight is 282 g/mol. The van der Waals surface area contributed by atoms with Crippen molar-refractivity contribution in [2.75, 3.05) is 4.90 Å². The first-order chi connectivity index (χ1) is 9.79. The lowest BCUT2D eigenvalue weighted by Crippen LogP contribution is -2.37. The van der Waals surface area contributed by atoms with Gasteiger partial charge in [0.15, 0.2) is 5.37 Å². The number of thioether (sulfide) groups is 1. The standard InChI is InChI=1S/C15H10N2O2S/c16-10-14-17(12-8-4-5-9-13(12)20-14)15(18)19-11-6-2-1-3-7-11/h1-9,14H. The fourth-order valence-electron chi connectivity index (χ4n) is 1.97. The van der Waals surface area contributed by atoms with E-state index in [0.717, 1.165) is 4.90 Å². The van der Waals surface area contributed by atoms with Gasteiger partial charge in [0, 0.05) is 4.90 Å². The second kappa shape index (κ2) is 5.27. The number of hydrogen-bond acceptors (Lipinski definition) is 4. The molecule has 0 fully saturated rings. The predicted octanol–water partition coefficient (Wildman–Crippen LogP) is 3.65. The molecule has 1 aliphatic heterocycles. The molecule has 0 spiro atoms. The van der Waals surface area contributed by atoms with E-state index in [0.29, 0.717) is 11.4 Å². The Morgan fingerprint density at radius 1 is 1.15 bits per heavy atom. The molecule has 2 aromatic rings. The molecule has 4 nitrogen and oxygen atoms in total. The molecule has 98 valence electrons. The summed E-state index contributed by atoms with van der Waals surface area (Å²) in [5.41, 5.74) is 0.713. The van der Waals surface area contributed by atoms with E-state index in [4.69, 9.17) is 4.74 Å². The molecular formula is C15H10N2O2S. The Labute approximate surface area is 120 Å². The van der Waals surface area contributed by atoms with Crippen LogP contribution >= 0.6 is 11.8 Å². The SMILES string of the molecule is N#CC1Sc2ccccc2N1C(=O)Oc1ccccc1. The Morgan fingerprint density at radius 2 is 1.85 bits per heavy atom. The fraction of sp³-hybridized carbons (Fsp3) is 0.0667. The van der Waals surface area contributed by atoms with E-state index in [1.54, 1.807) is 24.3 Å². The van der Waals surface area contributed by atoms with Gasteiger partial charge in [0.25, 0.3) is 0 Å². The van der Waals surface area contributed by atoms with E-state index in [9.17, 15) is 10.1 Å². The molecule has 20 heavy (non-hydrogen) atoms. The maximum Gasteiger partial charge on any atom is 0.421 e. The van der Waals surface area contributed by atoms with Gasteiger partial charge in [-0.25, -0.2) is 4.79 Å². The van der Waals surface area contributed by atoms with Crippen molar-refractivity contribution in [3.05, 3.63) is 54.6 Å². The Balaban J connectivity index is 1.88. The van der Waals surface area contributed by atoms with Gasteiger partial charge in [-0.3, -0.25) is 4.90 Å². The van der Waals surface area contributed by atoms with Crippen molar-refractivity contribution >= 4 is 23.5 Å². The number of amides is 1. The lowest BCUT2D eigenvalue weighted by atomic mass is 10.3. The Hall–Kier alpha value is -2.45. The number of carbonyl (C=O) groups is 1. The normalized spacial score (nSPS) is 16.4. The number of rotatable bonds is 1. The van der Waals surface area contributed by atoms with Gasteiger partial charge in [0.1, 0.15) is 5.75 Å². The molecule has 0 saturated heterocycles. The minimum Gasteiger partial charge on any atom is -0.410 e.